The summed E-state index contributed by atoms with van der Waals surface area (Å²) in [5.41, 5.74) is 13.9. The van der Waals surface area contributed by atoms with Crippen LogP contribution in [0.2, 0.25) is 0 Å². The first-order chi connectivity index (χ1) is 36.4. The first-order valence-electron chi connectivity index (χ1n) is 28.4. The van der Waals surface area contributed by atoms with Crippen molar-refractivity contribution in [1.82, 2.24) is 4.98 Å². The van der Waals surface area contributed by atoms with E-state index in [2.05, 4.69) is 202 Å². The van der Waals surface area contributed by atoms with E-state index in [-0.39, 0.29) is 93.5 Å². The van der Waals surface area contributed by atoms with Crippen LogP contribution in [0.4, 0.5) is 0 Å². The summed E-state index contributed by atoms with van der Waals surface area (Å²) in [6, 6.07) is 31.0. The molecule has 0 unspecified atom stereocenters. The van der Waals surface area contributed by atoms with Gasteiger partial charge in [0, 0.05) is 44.7 Å². The lowest BCUT2D eigenvalue weighted by molar-refractivity contribution is 0.295. The molecule has 0 spiro atoms. The van der Waals surface area contributed by atoms with Crippen molar-refractivity contribution in [2.45, 2.75) is 202 Å². The minimum Gasteiger partial charge on any atom is -0.507 e. The molecule has 0 atom stereocenters. The molecule has 1 aromatic heterocycles. The summed E-state index contributed by atoms with van der Waals surface area (Å²) >= 11 is 0. The number of phenols is 5. The highest BCUT2D eigenvalue weighted by Gasteiger charge is 2.30. The molecular formula is C72H89NO6. The number of rotatable bonds is 3. The van der Waals surface area contributed by atoms with Crippen LogP contribution < -0.4 is 4.74 Å². The standard InChI is InChI=1S/C72H89NO6/c1-67(2,3)54-29-42-23-44-31-55(68(4,5)6)33-46(62(44)75)25-48-35-57(70(10,11)12)37-50(64(48)77)27-52-39-59(72(16,17)18)40-53(66(52)79-41-60-21-19-20-22-73-60)28-51-38-58(71(13,14)15)36-49(65(51)78)26-47-34-56(69(7,8)9)32-45(63(47)76)24-43(30-54)61(42)74/h19-22,29-40,74-78H,23-28,41H2,1-18H3. The fourth-order valence-electron chi connectivity index (χ4n) is 10.8. The van der Waals surface area contributed by atoms with Crippen molar-refractivity contribution in [3.63, 3.8) is 0 Å². The minimum atomic E-state index is -0.305. The predicted octanol–water partition coefficient (Wildman–Crippen LogP) is 16.8. The number of hydrogen-bond donors (Lipinski definition) is 5. The van der Waals surface area contributed by atoms with Gasteiger partial charge in [0.25, 0.3) is 0 Å². The van der Waals surface area contributed by atoms with Crippen LogP contribution >= 0.6 is 0 Å². The summed E-state index contributed by atoms with van der Waals surface area (Å²) in [5, 5.41) is 63.4. The molecule has 79 heavy (non-hydrogen) atoms. The predicted molar refractivity (Wildman–Crippen MR) is 325 cm³/mol. The Morgan fingerprint density at radius 1 is 0.316 bits per heavy atom. The van der Waals surface area contributed by atoms with E-state index in [1.54, 1.807) is 6.20 Å². The molecule has 7 aromatic rings. The van der Waals surface area contributed by atoms with Crippen molar-refractivity contribution in [2.24, 2.45) is 0 Å². The van der Waals surface area contributed by atoms with Crippen LogP contribution in [0.1, 0.15) is 230 Å². The Bertz CT molecular complexity index is 3240. The fraction of sp³-hybridized carbons (Fsp3) is 0.431. The minimum absolute atomic E-state index is 0.119. The number of aromatic nitrogens is 1. The van der Waals surface area contributed by atoms with E-state index in [4.69, 9.17) is 4.74 Å². The third-order valence-electron chi connectivity index (χ3n) is 16.2. The lowest BCUT2D eigenvalue weighted by Gasteiger charge is -2.27. The second-order valence-corrected chi connectivity index (χ2v) is 29.0. The van der Waals surface area contributed by atoms with Crippen LogP contribution in [0, 0.1) is 0 Å². The maximum absolute atomic E-state index is 12.8. The molecule has 7 nitrogen and oxygen atoms in total. The van der Waals surface area contributed by atoms with Gasteiger partial charge in [-0.1, -0.05) is 203 Å². The van der Waals surface area contributed by atoms with Gasteiger partial charge in [-0.25, -0.2) is 0 Å². The van der Waals surface area contributed by atoms with Crippen molar-refractivity contribution in [1.29, 1.82) is 0 Å². The molecule has 1 heterocycles. The number of hydrogen-bond acceptors (Lipinski definition) is 7. The van der Waals surface area contributed by atoms with Gasteiger partial charge >= 0.3 is 0 Å². The third kappa shape index (κ3) is 13.0. The maximum atomic E-state index is 12.8. The Morgan fingerprint density at radius 3 is 0.709 bits per heavy atom. The Kier molecular flexibility index (Phi) is 15.6. The van der Waals surface area contributed by atoms with E-state index in [1.807, 2.05) is 18.2 Å². The quantitative estimate of drug-likeness (QED) is 0.119. The van der Waals surface area contributed by atoms with Gasteiger partial charge in [0.1, 0.15) is 41.1 Å². The average molecular weight is 1060 g/mol. The van der Waals surface area contributed by atoms with Gasteiger partial charge in [-0.05, 0) is 145 Å². The first-order valence-corrected chi connectivity index (χ1v) is 28.4. The molecule has 418 valence electrons. The molecule has 0 saturated heterocycles. The molecule has 1 aliphatic carbocycles. The Morgan fingerprint density at radius 2 is 0.519 bits per heavy atom. The highest BCUT2D eigenvalue weighted by atomic mass is 16.5. The molecule has 0 amide bonds. The van der Waals surface area contributed by atoms with Crippen molar-refractivity contribution in [2.75, 3.05) is 0 Å². The van der Waals surface area contributed by atoms with E-state index in [1.165, 1.54) is 0 Å². The Labute approximate surface area is 472 Å². The first kappa shape index (κ1) is 58.4. The van der Waals surface area contributed by atoms with Crippen molar-refractivity contribution < 1.29 is 30.3 Å². The van der Waals surface area contributed by atoms with Crippen molar-refractivity contribution >= 4 is 0 Å². The second kappa shape index (κ2) is 21.1. The van der Waals surface area contributed by atoms with Gasteiger partial charge in [0.05, 0.1) is 5.69 Å². The molecule has 0 aliphatic heterocycles. The van der Waals surface area contributed by atoms with E-state index < -0.39 is 0 Å². The molecule has 0 fully saturated rings. The smallest absolute Gasteiger partial charge is 0.130 e. The second-order valence-electron chi connectivity index (χ2n) is 29.0. The summed E-state index contributed by atoms with van der Waals surface area (Å²) in [6.07, 6.45) is 3.40. The number of ether oxygens (including phenoxy) is 1. The summed E-state index contributed by atoms with van der Waals surface area (Å²) in [5.74, 6) is 1.35. The van der Waals surface area contributed by atoms with Gasteiger partial charge < -0.3 is 30.3 Å². The Balaban J connectivity index is 1.47. The molecule has 5 N–H and O–H groups in total. The molecule has 1 aliphatic rings. The lowest BCUT2D eigenvalue weighted by atomic mass is 9.79. The van der Waals surface area contributed by atoms with E-state index in [0.717, 1.165) is 61.3 Å². The maximum Gasteiger partial charge on any atom is 0.130 e. The van der Waals surface area contributed by atoms with Crippen molar-refractivity contribution in [3.05, 3.63) is 203 Å². The Hall–Kier alpha value is -6.73. The molecular weight excluding hydrogens is 975 g/mol. The molecule has 12 bridgehead atoms. The monoisotopic (exact) mass is 1060 g/mol. The van der Waals surface area contributed by atoms with Gasteiger partial charge in [0.15, 0.2) is 0 Å². The third-order valence-corrected chi connectivity index (χ3v) is 16.2. The fourth-order valence-corrected chi connectivity index (χ4v) is 10.8. The number of fused-ring (bicyclic) bond motifs is 12. The number of benzene rings is 6. The highest BCUT2D eigenvalue weighted by molar-refractivity contribution is 5.61. The number of aromatic hydroxyl groups is 5. The number of phenolic OH excluding ortho intramolecular Hbond substituents is 5. The van der Waals surface area contributed by atoms with Crippen LogP contribution in [0.3, 0.4) is 0 Å². The SMILES string of the molecule is CC(C)(C)c1cc2c(O)c(c1)Cc1cc(C(C)(C)C)cc(c1O)Cc1cc(C(C)(C)C)cc(c1O)Cc1cc(C(C)(C)C)cc(c1OCc1ccccn1)Cc1cc(C(C)(C)C)cc(c1O)Cc1cc(C(C)(C)C)cc(c1O)C2. The van der Waals surface area contributed by atoms with Crippen LogP contribution in [0.25, 0.3) is 0 Å². The van der Waals surface area contributed by atoms with Crippen LogP contribution in [-0.4, -0.2) is 30.5 Å². The largest absolute Gasteiger partial charge is 0.507 e. The highest BCUT2D eigenvalue weighted by Crippen LogP contribution is 2.45. The summed E-state index contributed by atoms with van der Waals surface area (Å²) in [6.45, 7) is 39.4. The van der Waals surface area contributed by atoms with Gasteiger partial charge in [-0.2, -0.15) is 0 Å². The number of nitrogens with zero attached hydrogens (tertiary/aromatic N) is 1. The van der Waals surface area contributed by atoms with Gasteiger partial charge in [-0.15, -0.1) is 0 Å². The summed E-state index contributed by atoms with van der Waals surface area (Å²) in [7, 11) is 0. The van der Waals surface area contributed by atoms with Crippen molar-refractivity contribution in [3.8, 4) is 34.5 Å². The lowest BCUT2D eigenvalue weighted by Crippen LogP contribution is -2.16. The molecule has 0 saturated carbocycles. The van der Waals surface area contributed by atoms with E-state index in [0.29, 0.717) is 63.1 Å². The van der Waals surface area contributed by atoms with E-state index >= 15 is 0 Å². The van der Waals surface area contributed by atoms with Crippen LogP contribution in [0.15, 0.2) is 97.2 Å². The van der Waals surface area contributed by atoms with Crippen LogP contribution in [0.5, 0.6) is 34.5 Å². The topological polar surface area (TPSA) is 123 Å². The van der Waals surface area contributed by atoms with Crippen LogP contribution in [-0.2, 0) is 77.6 Å². The van der Waals surface area contributed by atoms with Gasteiger partial charge in [0.2, 0.25) is 0 Å². The molecule has 0 radical (unpaired) electrons. The zero-order valence-electron chi connectivity index (χ0n) is 50.8. The zero-order valence-corrected chi connectivity index (χ0v) is 50.8. The summed E-state index contributed by atoms with van der Waals surface area (Å²) in [4.78, 5) is 4.64. The average Bonchev–Trinajstić information content (AvgIpc) is 3.46. The zero-order chi connectivity index (χ0) is 58.1. The van der Waals surface area contributed by atoms with E-state index in [9.17, 15) is 25.5 Å². The summed E-state index contributed by atoms with van der Waals surface area (Å²) < 4.78 is 7.02. The molecule has 7 heteroatoms. The molecule has 8 rings (SSSR count). The number of pyridine rings is 1. The normalized spacial score (nSPS) is 13.9. The van der Waals surface area contributed by atoms with Gasteiger partial charge in [-0.3, -0.25) is 4.98 Å². The molecule has 6 aromatic carbocycles.